The number of amides is 2. The Morgan fingerprint density at radius 2 is 1.81 bits per heavy atom. The Kier molecular flexibility index (Phi) is 6.02. The number of nitrogens with one attached hydrogen (secondary N) is 1. The van der Waals surface area contributed by atoms with Crippen LogP contribution in [0.4, 0.5) is 11.5 Å². The van der Waals surface area contributed by atoms with Crippen molar-refractivity contribution >= 4 is 39.9 Å². The fourth-order valence-corrected chi connectivity index (χ4v) is 5.83. The van der Waals surface area contributed by atoms with E-state index in [1.807, 2.05) is 42.3 Å². The van der Waals surface area contributed by atoms with E-state index in [0.29, 0.717) is 11.7 Å². The number of hydrogen-bond acceptors (Lipinski definition) is 5. The summed E-state index contributed by atoms with van der Waals surface area (Å²) in [7, 11) is 2.00. The molecule has 3 N–H and O–H groups in total. The number of hydrogen-bond donors (Lipinski definition) is 2. The monoisotopic (exact) mass is 496 g/mol. The summed E-state index contributed by atoms with van der Waals surface area (Å²) in [5.41, 5.74) is 13.0. The number of fused-ring (bicyclic) bond motifs is 1. The summed E-state index contributed by atoms with van der Waals surface area (Å²) in [6.45, 7) is 1.78. The van der Waals surface area contributed by atoms with Gasteiger partial charge in [0, 0.05) is 42.9 Å². The minimum atomic E-state index is -0.0299. The van der Waals surface area contributed by atoms with Crippen LogP contribution in [-0.4, -0.2) is 44.3 Å². The molecule has 0 saturated carbocycles. The van der Waals surface area contributed by atoms with Gasteiger partial charge in [-0.1, -0.05) is 24.3 Å². The van der Waals surface area contributed by atoms with Crippen LogP contribution in [0.3, 0.4) is 0 Å². The lowest BCUT2D eigenvalue weighted by atomic mass is 9.84. The molecule has 1 saturated heterocycles. The highest BCUT2D eigenvalue weighted by molar-refractivity contribution is 6.06. The van der Waals surface area contributed by atoms with Gasteiger partial charge in [0.15, 0.2) is 0 Å². The van der Waals surface area contributed by atoms with Crippen molar-refractivity contribution < 1.29 is 9.59 Å². The molecule has 1 aromatic carbocycles. The fourth-order valence-electron chi connectivity index (χ4n) is 5.83. The number of anilines is 2. The van der Waals surface area contributed by atoms with Crippen LogP contribution in [0.5, 0.6) is 0 Å². The maximum Gasteiger partial charge on any atom is 0.251 e. The lowest BCUT2D eigenvalue weighted by molar-refractivity contribution is -0.134. The fraction of sp³-hybridized carbons (Fsp3) is 0.379. The molecule has 2 aromatic heterocycles. The number of carbonyl (C=O) groups excluding carboxylic acids is 2. The van der Waals surface area contributed by atoms with Gasteiger partial charge in [-0.3, -0.25) is 9.59 Å². The molecule has 8 nitrogen and oxygen atoms in total. The molecule has 1 aliphatic heterocycles. The van der Waals surface area contributed by atoms with Gasteiger partial charge in [0.05, 0.1) is 11.1 Å². The standard InChI is InChI=1S/C29H32N6O2/c1-34-25(19-11-13-22(14-12-19)33-28(36)20-5-4-6-20)23(24-26(30)31-17-32-27(24)34)18-7-9-21(10-8-18)29(37)35-15-2-3-16-35/h5,7,11-14,17,21H,2-4,6,8-10,15-16H2,1H3,(H,33,36)(H2,30,31,32)/t21-/m1/s1. The number of nitrogens with two attached hydrogens (primary N) is 1. The Bertz CT molecular complexity index is 1440. The van der Waals surface area contributed by atoms with Crippen LogP contribution in [0.2, 0.25) is 0 Å². The maximum atomic E-state index is 13.0. The number of allylic oxidation sites excluding steroid dienone is 3. The normalized spacial score (nSPS) is 19.4. The van der Waals surface area contributed by atoms with Crippen LogP contribution in [0.25, 0.3) is 27.9 Å². The summed E-state index contributed by atoms with van der Waals surface area (Å²) in [4.78, 5) is 36.2. The lowest BCUT2D eigenvalue weighted by Gasteiger charge is -2.26. The molecular formula is C29H32N6O2. The van der Waals surface area contributed by atoms with Crippen molar-refractivity contribution in [1.29, 1.82) is 0 Å². The SMILES string of the molecule is Cn1c(-c2ccc(NC(=O)C3=CCC3)cc2)c(C2=CC[C@@H](C(=O)N3CCCC3)CC2)c2c(N)ncnc21. The van der Waals surface area contributed by atoms with Gasteiger partial charge in [0.25, 0.3) is 5.91 Å². The van der Waals surface area contributed by atoms with Crippen LogP contribution in [0.1, 0.15) is 50.5 Å². The summed E-state index contributed by atoms with van der Waals surface area (Å²) < 4.78 is 2.07. The van der Waals surface area contributed by atoms with Crippen molar-refractivity contribution in [2.45, 2.75) is 44.9 Å². The van der Waals surface area contributed by atoms with Gasteiger partial charge >= 0.3 is 0 Å². The van der Waals surface area contributed by atoms with Crippen molar-refractivity contribution in [2.75, 3.05) is 24.1 Å². The topological polar surface area (TPSA) is 106 Å². The summed E-state index contributed by atoms with van der Waals surface area (Å²) in [5.74, 6) is 0.764. The number of aromatic nitrogens is 3. The molecule has 0 spiro atoms. The van der Waals surface area contributed by atoms with Crippen LogP contribution < -0.4 is 11.1 Å². The third kappa shape index (κ3) is 4.20. The van der Waals surface area contributed by atoms with E-state index in [1.54, 1.807) is 0 Å². The summed E-state index contributed by atoms with van der Waals surface area (Å²) in [5, 5.41) is 3.84. The summed E-state index contributed by atoms with van der Waals surface area (Å²) in [6, 6.07) is 7.91. The first-order chi connectivity index (χ1) is 18.0. The largest absolute Gasteiger partial charge is 0.383 e. The number of nitrogen functional groups attached to an aromatic ring is 1. The second-order valence-electron chi connectivity index (χ2n) is 10.3. The predicted octanol–water partition coefficient (Wildman–Crippen LogP) is 4.68. The first-order valence-corrected chi connectivity index (χ1v) is 13.2. The van der Waals surface area contributed by atoms with E-state index in [1.165, 1.54) is 11.9 Å². The molecule has 3 aliphatic rings. The molecule has 8 heteroatoms. The van der Waals surface area contributed by atoms with Crippen molar-refractivity contribution in [3.63, 3.8) is 0 Å². The number of aryl methyl sites for hydroxylation is 1. The Morgan fingerprint density at radius 3 is 2.46 bits per heavy atom. The molecule has 190 valence electrons. The molecule has 0 unspecified atom stereocenters. The van der Waals surface area contributed by atoms with Crippen molar-refractivity contribution in [3.8, 4) is 11.3 Å². The number of carbonyl (C=O) groups is 2. The van der Waals surface area contributed by atoms with E-state index < -0.39 is 0 Å². The molecule has 1 atom stereocenters. The van der Waals surface area contributed by atoms with E-state index in [4.69, 9.17) is 5.73 Å². The van der Waals surface area contributed by atoms with E-state index in [0.717, 1.165) is 97.1 Å². The number of likely N-dealkylation sites (tertiary alicyclic amines) is 1. The minimum absolute atomic E-state index is 0.0299. The van der Waals surface area contributed by atoms with Gasteiger partial charge < -0.3 is 20.5 Å². The summed E-state index contributed by atoms with van der Waals surface area (Å²) >= 11 is 0. The Balaban J connectivity index is 1.35. The van der Waals surface area contributed by atoms with E-state index in [2.05, 4.69) is 25.9 Å². The number of rotatable bonds is 5. The van der Waals surface area contributed by atoms with Crippen molar-refractivity contribution in [3.05, 3.63) is 53.9 Å². The zero-order valence-electron chi connectivity index (χ0n) is 21.2. The Morgan fingerprint density at radius 1 is 1.05 bits per heavy atom. The van der Waals surface area contributed by atoms with E-state index in [9.17, 15) is 9.59 Å². The zero-order valence-corrected chi connectivity index (χ0v) is 21.2. The second-order valence-corrected chi connectivity index (χ2v) is 10.3. The Hall–Kier alpha value is -3.94. The molecule has 37 heavy (non-hydrogen) atoms. The van der Waals surface area contributed by atoms with E-state index in [-0.39, 0.29) is 11.8 Å². The molecule has 0 radical (unpaired) electrons. The van der Waals surface area contributed by atoms with Crippen LogP contribution in [0, 0.1) is 5.92 Å². The molecule has 2 aliphatic carbocycles. The molecule has 2 amide bonds. The first kappa shape index (κ1) is 23.5. The average molecular weight is 497 g/mol. The van der Waals surface area contributed by atoms with Gasteiger partial charge in [-0.2, -0.15) is 0 Å². The van der Waals surface area contributed by atoms with Crippen LogP contribution in [0.15, 0.2) is 48.3 Å². The number of benzene rings is 1. The lowest BCUT2D eigenvalue weighted by Crippen LogP contribution is -2.34. The van der Waals surface area contributed by atoms with E-state index >= 15 is 0 Å². The Labute approximate surface area is 216 Å². The van der Waals surface area contributed by atoms with Crippen LogP contribution >= 0.6 is 0 Å². The van der Waals surface area contributed by atoms with Crippen molar-refractivity contribution in [1.82, 2.24) is 19.4 Å². The van der Waals surface area contributed by atoms with Crippen LogP contribution in [-0.2, 0) is 16.6 Å². The minimum Gasteiger partial charge on any atom is -0.383 e. The molecule has 0 bridgehead atoms. The molecular weight excluding hydrogens is 464 g/mol. The quantitative estimate of drug-likeness (QED) is 0.533. The van der Waals surface area contributed by atoms with Crippen molar-refractivity contribution in [2.24, 2.45) is 13.0 Å². The second kappa shape index (κ2) is 9.50. The van der Waals surface area contributed by atoms with Gasteiger partial charge in [-0.25, -0.2) is 9.97 Å². The molecule has 1 fully saturated rings. The highest BCUT2D eigenvalue weighted by atomic mass is 16.2. The first-order valence-electron chi connectivity index (χ1n) is 13.2. The molecule has 3 aromatic rings. The smallest absolute Gasteiger partial charge is 0.251 e. The zero-order chi connectivity index (χ0) is 25.5. The third-order valence-electron chi connectivity index (χ3n) is 8.01. The van der Waals surface area contributed by atoms with Gasteiger partial charge in [-0.05, 0) is 68.2 Å². The third-order valence-corrected chi connectivity index (χ3v) is 8.01. The van der Waals surface area contributed by atoms with Gasteiger partial charge in [0.2, 0.25) is 5.91 Å². The highest BCUT2D eigenvalue weighted by Gasteiger charge is 2.30. The number of nitrogens with zero attached hydrogens (tertiary/aromatic N) is 4. The van der Waals surface area contributed by atoms with Gasteiger partial charge in [-0.15, -0.1) is 0 Å². The maximum absolute atomic E-state index is 13.0. The highest BCUT2D eigenvalue weighted by Crippen LogP contribution is 2.43. The molecule has 6 rings (SSSR count). The summed E-state index contributed by atoms with van der Waals surface area (Å²) in [6.07, 6.45) is 12.1. The van der Waals surface area contributed by atoms with Gasteiger partial charge in [0.1, 0.15) is 17.8 Å². The average Bonchev–Trinajstić information content (AvgIpc) is 3.51. The molecule has 3 heterocycles. The predicted molar refractivity (Wildman–Crippen MR) is 145 cm³/mol.